The molecule has 0 saturated carbocycles. The smallest absolute Gasteiger partial charge is 0.276 e. The predicted octanol–water partition coefficient (Wildman–Crippen LogP) is 1.83. The second-order valence-electron chi connectivity index (χ2n) is 3.84. The van der Waals surface area contributed by atoms with Crippen molar-refractivity contribution in [3.8, 4) is 22.8 Å². The number of nitrogens with one attached hydrogen (secondary N) is 1. The van der Waals surface area contributed by atoms with Gasteiger partial charge in [-0.25, -0.2) is 5.10 Å². The molecule has 0 fully saturated rings. The van der Waals surface area contributed by atoms with Crippen molar-refractivity contribution in [2.24, 2.45) is 0 Å². The van der Waals surface area contributed by atoms with Crippen molar-refractivity contribution < 1.29 is 14.3 Å². The Bertz CT molecular complexity index is 712. The van der Waals surface area contributed by atoms with Gasteiger partial charge in [0.1, 0.15) is 5.56 Å². The van der Waals surface area contributed by atoms with Gasteiger partial charge < -0.3 is 9.47 Å². The summed E-state index contributed by atoms with van der Waals surface area (Å²) in [4.78, 5) is 22.5. The van der Waals surface area contributed by atoms with Crippen LogP contribution in [-0.4, -0.2) is 29.7 Å². The van der Waals surface area contributed by atoms with Crippen LogP contribution >= 0.6 is 11.6 Å². The van der Waals surface area contributed by atoms with Crippen LogP contribution in [0.15, 0.2) is 29.1 Å². The third-order valence-corrected chi connectivity index (χ3v) is 2.90. The highest BCUT2D eigenvalue weighted by molar-refractivity contribution is 6.67. The number of aromatic amines is 1. The molecule has 1 aromatic heterocycles. The van der Waals surface area contributed by atoms with Crippen molar-refractivity contribution in [1.29, 1.82) is 0 Å². The van der Waals surface area contributed by atoms with Crippen LogP contribution in [0.4, 0.5) is 0 Å². The highest BCUT2D eigenvalue weighted by atomic mass is 35.5. The van der Waals surface area contributed by atoms with E-state index in [-0.39, 0.29) is 5.56 Å². The number of ether oxygens (including phenoxy) is 2. The van der Waals surface area contributed by atoms with Crippen molar-refractivity contribution in [3.05, 3.63) is 40.2 Å². The Labute approximate surface area is 119 Å². The van der Waals surface area contributed by atoms with Crippen LogP contribution in [0.3, 0.4) is 0 Å². The molecule has 1 aromatic carbocycles. The van der Waals surface area contributed by atoms with Crippen molar-refractivity contribution in [3.63, 3.8) is 0 Å². The number of hydrogen-bond acceptors (Lipinski definition) is 5. The molecule has 1 heterocycles. The molecule has 0 bridgehead atoms. The molecule has 6 nitrogen and oxygen atoms in total. The molecule has 7 heteroatoms. The van der Waals surface area contributed by atoms with Crippen molar-refractivity contribution in [2.75, 3.05) is 14.2 Å². The number of benzene rings is 1. The lowest BCUT2D eigenvalue weighted by atomic mass is 10.1. The summed E-state index contributed by atoms with van der Waals surface area (Å²) in [6, 6.07) is 6.44. The fraction of sp³-hybridized carbons (Fsp3) is 0.154. The quantitative estimate of drug-likeness (QED) is 0.870. The fourth-order valence-electron chi connectivity index (χ4n) is 1.70. The molecule has 0 radical (unpaired) electrons. The van der Waals surface area contributed by atoms with E-state index in [4.69, 9.17) is 21.1 Å². The molecule has 20 heavy (non-hydrogen) atoms. The van der Waals surface area contributed by atoms with E-state index in [0.717, 1.165) is 0 Å². The average molecular weight is 295 g/mol. The molecule has 0 aliphatic carbocycles. The van der Waals surface area contributed by atoms with Crippen molar-refractivity contribution in [1.82, 2.24) is 10.2 Å². The summed E-state index contributed by atoms with van der Waals surface area (Å²) < 4.78 is 10.3. The van der Waals surface area contributed by atoms with Gasteiger partial charge in [-0.1, -0.05) is 0 Å². The molecule has 1 N–H and O–H groups in total. The van der Waals surface area contributed by atoms with E-state index < -0.39 is 10.8 Å². The average Bonchev–Trinajstić information content (AvgIpc) is 2.46. The lowest BCUT2D eigenvalue weighted by molar-refractivity contribution is 0.108. The number of aromatic nitrogens is 2. The second-order valence-corrected chi connectivity index (χ2v) is 4.18. The van der Waals surface area contributed by atoms with E-state index in [1.54, 1.807) is 18.2 Å². The van der Waals surface area contributed by atoms with Gasteiger partial charge in [-0.05, 0) is 35.9 Å². The summed E-state index contributed by atoms with van der Waals surface area (Å²) >= 11 is 5.34. The van der Waals surface area contributed by atoms with Gasteiger partial charge in [0.05, 0.1) is 19.9 Å². The van der Waals surface area contributed by atoms with Crippen LogP contribution < -0.4 is 15.0 Å². The summed E-state index contributed by atoms with van der Waals surface area (Å²) in [5.41, 5.74) is 0.258. The molecule has 0 unspecified atom stereocenters. The zero-order valence-electron chi connectivity index (χ0n) is 10.8. The number of carbonyl (C=O) groups excluding carboxylic acids is 1. The lowest BCUT2D eigenvalue weighted by Crippen LogP contribution is -2.16. The van der Waals surface area contributed by atoms with E-state index in [1.165, 1.54) is 20.3 Å². The lowest BCUT2D eigenvalue weighted by Gasteiger charge is -2.09. The molecule has 0 spiro atoms. The zero-order chi connectivity index (χ0) is 14.7. The summed E-state index contributed by atoms with van der Waals surface area (Å²) in [6.07, 6.45) is 0. The monoisotopic (exact) mass is 294 g/mol. The van der Waals surface area contributed by atoms with E-state index in [9.17, 15) is 9.59 Å². The maximum Gasteiger partial charge on any atom is 0.276 e. The Balaban J connectivity index is 2.54. The van der Waals surface area contributed by atoms with Crippen LogP contribution in [0.5, 0.6) is 11.5 Å². The van der Waals surface area contributed by atoms with Gasteiger partial charge in [0.15, 0.2) is 11.5 Å². The predicted molar refractivity (Wildman–Crippen MR) is 73.6 cm³/mol. The molecule has 0 aliphatic heterocycles. The minimum absolute atomic E-state index is 0.161. The minimum atomic E-state index is -0.838. The zero-order valence-corrected chi connectivity index (χ0v) is 11.5. The molecule has 104 valence electrons. The normalized spacial score (nSPS) is 10.2. The Hall–Kier alpha value is -2.34. The molecular formula is C13H11ClN2O4. The molecule has 0 atom stereocenters. The number of rotatable bonds is 4. The molecule has 2 rings (SSSR count). The number of halogens is 1. The number of methoxy groups -OCH3 is 2. The van der Waals surface area contributed by atoms with E-state index in [1.807, 2.05) is 0 Å². The molecule has 0 saturated heterocycles. The van der Waals surface area contributed by atoms with Crippen molar-refractivity contribution in [2.45, 2.75) is 0 Å². The number of hydrogen-bond donors (Lipinski definition) is 1. The van der Waals surface area contributed by atoms with Crippen LogP contribution in [-0.2, 0) is 0 Å². The molecule has 0 aliphatic rings. The van der Waals surface area contributed by atoms with Crippen LogP contribution in [0.1, 0.15) is 10.4 Å². The van der Waals surface area contributed by atoms with Crippen LogP contribution in [0.2, 0.25) is 0 Å². The van der Waals surface area contributed by atoms with E-state index >= 15 is 0 Å². The Morgan fingerprint density at radius 3 is 2.50 bits per heavy atom. The minimum Gasteiger partial charge on any atom is -0.493 e. The summed E-state index contributed by atoms with van der Waals surface area (Å²) in [5, 5.41) is 5.27. The maximum absolute atomic E-state index is 11.4. The van der Waals surface area contributed by atoms with Gasteiger partial charge >= 0.3 is 0 Å². The summed E-state index contributed by atoms with van der Waals surface area (Å²) in [6.45, 7) is 0. The Kier molecular flexibility index (Phi) is 4.05. The largest absolute Gasteiger partial charge is 0.493 e. The second kappa shape index (κ2) is 5.75. The SMILES string of the molecule is COc1ccc(-c2cc(C(=O)Cl)c(=O)[nH]n2)cc1OC. The first-order valence-electron chi connectivity index (χ1n) is 5.58. The van der Waals surface area contributed by atoms with Gasteiger partial charge in [-0.3, -0.25) is 9.59 Å². The first-order chi connectivity index (χ1) is 9.56. The standard InChI is InChI=1S/C13H11ClN2O4/c1-19-10-4-3-7(5-11(10)20-2)9-6-8(12(14)17)13(18)16-15-9/h3-6H,1-2H3,(H,16,18). The molecule has 0 amide bonds. The third kappa shape index (κ3) is 2.65. The molecule has 2 aromatic rings. The Morgan fingerprint density at radius 1 is 1.20 bits per heavy atom. The highest BCUT2D eigenvalue weighted by Crippen LogP contribution is 2.31. The van der Waals surface area contributed by atoms with E-state index in [0.29, 0.717) is 22.8 Å². The third-order valence-electron chi connectivity index (χ3n) is 2.69. The highest BCUT2D eigenvalue weighted by Gasteiger charge is 2.12. The van der Waals surface area contributed by atoms with Gasteiger partial charge in [0.2, 0.25) is 0 Å². The number of H-pyrrole nitrogens is 1. The topological polar surface area (TPSA) is 81.3 Å². The van der Waals surface area contributed by atoms with Gasteiger partial charge in [-0.2, -0.15) is 5.10 Å². The first-order valence-corrected chi connectivity index (χ1v) is 5.96. The van der Waals surface area contributed by atoms with E-state index in [2.05, 4.69) is 10.2 Å². The number of carbonyl (C=O) groups is 1. The van der Waals surface area contributed by atoms with Gasteiger partial charge in [-0.15, -0.1) is 0 Å². The van der Waals surface area contributed by atoms with Crippen LogP contribution in [0.25, 0.3) is 11.3 Å². The molecular weight excluding hydrogens is 284 g/mol. The Morgan fingerprint density at radius 2 is 1.90 bits per heavy atom. The first kappa shape index (κ1) is 14.1. The fourth-order valence-corrected chi connectivity index (χ4v) is 1.84. The van der Waals surface area contributed by atoms with Crippen LogP contribution in [0, 0.1) is 0 Å². The van der Waals surface area contributed by atoms with Gasteiger partial charge in [0.25, 0.3) is 10.8 Å². The summed E-state index contributed by atoms with van der Waals surface area (Å²) in [7, 11) is 3.04. The maximum atomic E-state index is 11.4. The van der Waals surface area contributed by atoms with Crippen molar-refractivity contribution >= 4 is 16.8 Å². The number of nitrogens with zero attached hydrogens (tertiary/aromatic N) is 1. The summed E-state index contributed by atoms with van der Waals surface area (Å²) in [5.74, 6) is 1.08. The van der Waals surface area contributed by atoms with Gasteiger partial charge in [0, 0.05) is 5.56 Å².